The Bertz CT molecular complexity index is 1410. The minimum atomic E-state index is -0.262. The smallest absolute Gasteiger partial charge is 0.272 e. The molecule has 10 heteroatoms. The SMILES string of the molecule is CN(C)CC1COc2cc(Nc3nccc(Nc4cc5cc(Cl)ccc5[nH]c4=O)n3)ccc2O1. The van der Waals surface area contributed by atoms with Gasteiger partial charge >= 0.3 is 0 Å². The van der Waals surface area contributed by atoms with E-state index in [0.29, 0.717) is 46.1 Å². The van der Waals surface area contributed by atoms with Crippen LogP contribution in [0.1, 0.15) is 0 Å². The number of pyridine rings is 1. The van der Waals surface area contributed by atoms with Gasteiger partial charge in [0.2, 0.25) is 5.95 Å². The van der Waals surface area contributed by atoms with E-state index in [2.05, 4.69) is 30.5 Å². The average Bonchev–Trinajstić information content (AvgIpc) is 2.80. The van der Waals surface area contributed by atoms with Gasteiger partial charge in [0.1, 0.15) is 24.2 Å². The third-order valence-electron chi connectivity index (χ3n) is 5.21. The fourth-order valence-electron chi connectivity index (χ4n) is 3.72. The molecule has 0 spiro atoms. The maximum atomic E-state index is 12.5. The number of rotatable bonds is 6. The summed E-state index contributed by atoms with van der Waals surface area (Å²) in [5.74, 6) is 2.20. The van der Waals surface area contributed by atoms with E-state index in [1.165, 1.54) is 0 Å². The summed E-state index contributed by atoms with van der Waals surface area (Å²) in [6.45, 7) is 1.26. The number of nitrogens with zero attached hydrogens (tertiary/aromatic N) is 3. The van der Waals surface area contributed by atoms with Crippen molar-refractivity contribution in [3.8, 4) is 11.5 Å². The molecule has 1 atom stereocenters. The van der Waals surface area contributed by atoms with Crippen molar-refractivity contribution < 1.29 is 9.47 Å². The van der Waals surface area contributed by atoms with Crippen molar-refractivity contribution in [1.29, 1.82) is 0 Å². The number of nitrogens with one attached hydrogen (secondary N) is 3. The van der Waals surface area contributed by atoms with Crippen LogP contribution < -0.4 is 25.7 Å². The molecule has 0 fully saturated rings. The quantitative estimate of drug-likeness (QED) is 0.379. The summed E-state index contributed by atoms with van der Waals surface area (Å²) in [6, 6.07) is 14.3. The summed E-state index contributed by atoms with van der Waals surface area (Å²) >= 11 is 6.08. The molecular weight excluding hydrogens is 456 g/mol. The maximum Gasteiger partial charge on any atom is 0.272 e. The number of hydrogen-bond donors (Lipinski definition) is 3. The average molecular weight is 479 g/mol. The normalized spacial score (nSPS) is 14.9. The van der Waals surface area contributed by atoms with Crippen LogP contribution in [0.15, 0.2) is 59.5 Å². The van der Waals surface area contributed by atoms with Gasteiger partial charge in [-0.05, 0) is 56.6 Å². The van der Waals surface area contributed by atoms with E-state index in [1.807, 2.05) is 32.3 Å². The zero-order valence-electron chi connectivity index (χ0n) is 18.6. The fourth-order valence-corrected chi connectivity index (χ4v) is 3.90. The third kappa shape index (κ3) is 4.90. The number of aromatic nitrogens is 3. The summed E-state index contributed by atoms with van der Waals surface area (Å²) in [6.07, 6.45) is 1.59. The van der Waals surface area contributed by atoms with Gasteiger partial charge in [0, 0.05) is 40.4 Å². The zero-order valence-corrected chi connectivity index (χ0v) is 19.4. The monoisotopic (exact) mass is 478 g/mol. The molecule has 0 aliphatic carbocycles. The van der Waals surface area contributed by atoms with Crippen molar-refractivity contribution in [2.45, 2.75) is 6.10 Å². The number of likely N-dealkylation sites (N-methyl/N-ethyl adjacent to an activating group) is 1. The number of benzene rings is 2. The Morgan fingerprint density at radius 2 is 2.00 bits per heavy atom. The standard InChI is InChI=1S/C24H23ClN6O3/c1-31(2)12-17-13-33-21-11-16(4-6-20(21)34-17)27-24-26-8-7-22(30-24)28-19-10-14-9-15(25)3-5-18(14)29-23(19)32/h3-11,17H,12-13H2,1-2H3,(H,29,32)(H2,26,27,28,30). The molecule has 2 aromatic carbocycles. The first-order valence-corrected chi connectivity index (χ1v) is 11.1. The van der Waals surface area contributed by atoms with Gasteiger partial charge in [0.15, 0.2) is 11.5 Å². The maximum absolute atomic E-state index is 12.5. The molecule has 1 unspecified atom stereocenters. The molecule has 174 valence electrons. The van der Waals surface area contributed by atoms with Gasteiger partial charge in [-0.25, -0.2) is 4.98 Å². The Labute approximate surface area is 200 Å². The van der Waals surface area contributed by atoms with Crippen molar-refractivity contribution in [3.63, 3.8) is 0 Å². The number of hydrogen-bond acceptors (Lipinski definition) is 8. The van der Waals surface area contributed by atoms with E-state index in [-0.39, 0.29) is 11.7 Å². The molecule has 5 rings (SSSR count). The summed E-state index contributed by atoms with van der Waals surface area (Å²) < 4.78 is 11.9. The first-order valence-electron chi connectivity index (χ1n) is 10.7. The van der Waals surface area contributed by atoms with E-state index in [0.717, 1.165) is 17.6 Å². The van der Waals surface area contributed by atoms with Crippen LogP contribution in [0.3, 0.4) is 0 Å². The minimum Gasteiger partial charge on any atom is -0.486 e. The van der Waals surface area contributed by atoms with Gasteiger partial charge in [-0.3, -0.25) is 4.79 Å². The van der Waals surface area contributed by atoms with Crippen molar-refractivity contribution in [2.24, 2.45) is 0 Å². The highest BCUT2D eigenvalue weighted by Crippen LogP contribution is 2.35. The van der Waals surface area contributed by atoms with E-state index in [4.69, 9.17) is 21.1 Å². The molecule has 34 heavy (non-hydrogen) atoms. The lowest BCUT2D eigenvalue weighted by Crippen LogP contribution is -2.37. The van der Waals surface area contributed by atoms with Crippen LogP contribution in [0, 0.1) is 0 Å². The van der Waals surface area contributed by atoms with Gasteiger partial charge in [0.25, 0.3) is 5.56 Å². The third-order valence-corrected chi connectivity index (χ3v) is 5.45. The van der Waals surface area contributed by atoms with Crippen LogP contribution in [-0.4, -0.2) is 53.2 Å². The van der Waals surface area contributed by atoms with Gasteiger partial charge in [-0.1, -0.05) is 11.6 Å². The van der Waals surface area contributed by atoms with Crippen LogP contribution in [-0.2, 0) is 0 Å². The zero-order chi connectivity index (χ0) is 23.7. The Kier molecular flexibility index (Phi) is 5.95. The predicted molar refractivity (Wildman–Crippen MR) is 133 cm³/mol. The van der Waals surface area contributed by atoms with E-state index in [9.17, 15) is 4.79 Å². The van der Waals surface area contributed by atoms with E-state index >= 15 is 0 Å². The second-order valence-corrected chi connectivity index (χ2v) is 8.67. The molecule has 0 saturated heterocycles. The number of anilines is 4. The van der Waals surface area contributed by atoms with Crippen molar-refractivity contribution >= 4 is 45.6 Å². The lowest BCUT2D eigenvalue weighted by molar-refractivity contribution is 0.0711. The summed E-state index contributed by atoms with van der Waals surface area (Å²) in [5, 5.41) is 7.62. The molecule has 4 aromatic rings. The van der Waals surface area contributed by atoms with Crippen LogP contribution in [0.2, 0.25) is 5.02 Å². The Morgan fingerprint density at radius 3 is 2.85 bits per heavy atom. The molecule has 0 radical (unpaired) electrons. The Hall–Kier alpha value is -3.82. The van der Waals surface area contributed by atoms with E-state index < -0.39 is 0 Å². The van der Waals surface area contributed by atoms with Crippen LogP contribution >= 0.6 is 11.6 Å². The van der Waals surface area contributed by atoms with Gasteiger partial charge in [0.05, 0.1) is 0 Å². The second-order valence-electron chi connectivity index (χ2n) is 8.23. The largest absolute Gasteiger partial charge is 0.486 e. The van der Waals surface area contributed by atoms with E-state index in [1.54, 1.807) is 36.5 Å². The topological polar surface area (TPSA) is 104 Å². The first kappa shape index (κ1) is 22.0. The number of halogens is 1. The van der Waals surface area contributed by atoms with Crippen LogP contribution in [0.4, 0.5) is 23.1 Å². The van der Waals surface area contributed by atoms with Crippen molar-refractivity contribution in [2.75, 3.05) is 37.9 Å². The van der Waals surface area contributed by atoms with Gasteiger partial charge < -0.3 is 30.0 Å². The molecular formula is C24H23ClN6O3. The Morgan fingerprint density at radius 1 is 1.12 bits per heavy atom. The molecule has 0 amide bonds. The molecule has 0 bridgehead atoms. The molecule has 3 N–H and O–H groups in total. The minimum absolute atomic E-state index is 0.0123. The number of H-pyrrole nitrogens is 1. The van der Waals surface area contributed by atoms with Crippen molar-refractivity contribution in [1.82, 2.24) is 19.9 Å². The molecule has 0 saturated carbocycles. The highest BCUT2D eigenvalue weighted by molar-refractivity contribution is 6.31. The lowest BCUT2D eigenvalue weighted by Gasteiger charge is -2.28. The number of aromatic amines is 1. The van der Waals surface area contributed by atoms with Gasteiger partial charge in [-0.2, -0.15) is 4.98 Å². The molecule has 1 aliphatic heterocycles. The first-order chi connectivity index (χ1) is 16.4. The number of fused-ring (bicyclic) bond motifs is 2. The Balaban J connectivity index is 1.32. The molecule has 9 nitrogen and oxygen atoms in total. The molecule has 2 aromatic heterocycles. The van der Waals surface area contributed by atoms with Crippen LogP contribution in [0.25, 0.3) is 10.9 Å². The molecule has 3 heterocycles. The lowest BCUT2D eigenvalue weighted by atomic mass is 10.2. The van der Waals surface area contributed by atoms with Crippen molar-refractivity contribution in [3.05, 3.63) is 70.1 Å². The summed E-state index contributed by atoms with van der Waals surface area (Å²) in [4.78, 5) is 26.1. The fraction of sp³-hybridized carbons (Fsp3) is 0.208. The molecule has 1 aliphatic rings. The highest BCUT2D eigenvalue weighted by atomic mass is 35.5. The van der Waals surface area contributed by atoms with Crippen LogP contribution in [0.5, 0.6) is 11.5 Å². The number of ether oxygens (including phenoxy) is 2. The predicted octanol–water partition coefficient (Wildman–Crippen LogP) is 4.16. The summed E-state index contributed by atoms with van der Waals surface area (Å²) in [5.41, 5.74) is 1.55. The second kappa shape index (κ2) is 9.20. The summed E-state index contributed by atoms with van der Waals surface area (Å²) in [7, 11) is 4.00. The highest BCUT2D eigenvalue weighted by Gasteiger charge is 2.22. The van der Waals surface area contributed by atoms with Gasteiger partial charge in [-0.15, -0.1) is 0 Å².